The summed E-state index contributed by atoms with van der Waals surface area (Å²) in [5, 5.41) is 2.92. The summed E-state index contributed by atoms with van der Waals surface area (Å²) in [6.07, 6.45) is 2.44. The molecule has 0 aliphatic heterocycles. The average molecular weight is 504 g/mol. The van der Waals surface area contributed by atoms with Crippen LogP contribution in [0.1, 0.15) is 45.2 Å². The Morgan fingerprint density at radius 3 is 2.34 bits per heavy atom. The number of sulfonamides is 1. The molecule has 0 heterocycles. The van der Waals surface area contributed by atoms with E-state index in [1.807, 2.05) is 39.0 Å². The predicted molar refractivity (Wildman–Crippen MR) is 139 cm³/mol. The van der Waals surface area contributed by atoms with E-state index in [9.17, 15) is 18.0 Å². The number of methoxy groups -OCH3 is 1. The van der Waals surface area contributed by atoms with Crippen molar-refractivity contribution < 1.29 is 22.7 Å². The lowest BCUT2D eigenvalue weighted by Gasteiger charge is -2.32. The number of hydrogen-bond acceptors (Lipinski definition) is 5. The summed E-state index contributed by atoms with van der Waals surface area (Å²) in [5.41, 5.74) is 2.04. The van der Waals surface area contributed by atoms with Gasteiger partial charge in [-0.05, 0) is 56.0 Å². The fourth-order valence-corrected chi connectivity index (χ4v) is 4.54. The van der Waals surface area contributed by atoms with Crippen LogP contribution in [0.3, 0.4) is 0 Å². The Labute approximate surface area is 209 Å². The summed E-state index contributed by atoms with van der Waals surface area (Å²) in [6.45, 7) is 7.15. The summed E-state index contributed by atoms with van der Waals surface area (Å²) in [5.74, 6) is -0.146. The monoisotopic (exact) mass is 503 g/mol. The number of benzene rings is 2. The van der Waals surface area contributed by atoms with Gasteiger partial charge in [0.2, 0.25) is 21.8 Å². The van der Waals surface area contributed by atoms with Crippen LogP contribution in [-0.4, -0.2) is 57.1 Å². The number of ether oxygens (including phenoxy) is 1. The molecule has 2 amide bonds. The first-order valence-electron chi connectivity index (χ1n) is 11.8. The normalized spacial score (nSPS) is 13.0. The van der Waals surface area contributed by atoms with Gasteiger partial charge >= 0.3 is 0 Å². The van der Waals surface area contributed by atoms with Crippen LogP contribution in [0.15, 0.2) is 48.5 Å². The molecule has 0 spiro atoms. The third kappa shape index (κ3) is 7.71. The number of carbonyl (C=O) groups excluding carboxylic acids is 2. The highest BCUT2D eigenvalue weighted by Crippen LogP contribution is 2.24. The number of aryl methyl sites for hydroxylation is 1. The number of para-hydroxylation sites is 1. The molecule has 35 heavy (non-hydrogen) atoms. The van der Waals surface area contributed by atoms with Crippen LogP contribution < -0.4 is 14.4 Å². The molecule has 0 aliphatic carbocycles. The number of carbonyl (C=O) groups is 2. The van der Waals surface area contributed by atoms with Crippen LogP contribution >= 0.6 is 0 Å². The standard InChI is InChI=1S/C26H37N3O5S/c1-7-19(3)27-26(31)20(4)28(17-21-12-11-14-23(16-21)34-5)25(30)18-29(35(6,32)33)24-15-10-9-13-22(24)8-2/h9-16,19-20H,7-8,17-18H2,1-6H3,(H,27,31)/t19-,20-/m0/s1. The first-order chi connectivity index (χ1) is 16.5. The van der Waals surface area contributed by atoms with Gasteiger partial charge in [0.1, 0.15) is 18.3 Å². The summed E-state index contributed by atoms with van der Waals surface area (Å²) in [4.78, 5) is 28.0. The molecule has 0 radical (unpaired) electrons. The molecule has 1 N–H and O–H groups in total. The van der Waals surface area contributed by atoms with Crippen LogP contribution in [0.4, 0.5) is 5.69 Å². The van der Waals surface area contributed by atoms with Gasteiger partial charge < -0.3 is 15.0 Å². The minimum absolute atomic E-state index is 0.0531. The molecule has 0 bridgehead atoms. The fraction of sp³-hybridized carbons (Fsp3) is 0.462. The van der Waals surface area contributed by atoms with Gasteiger partial charge in [0, 0.05) is 12.6 Å². The van der Waals surface area contributed by atoms with Gasteiger partial charge in [-0.25, -0.2) is 8.42 Å². The molecule has 0 saturated carbocycles. The Bertz CT molecular complexity index is 1120. The zero-order chi connectivity index (χ0) is 26.2. The summed E-state index contributed by atoms with van der Waals surface area (Å²) < 4.78 is 31.9. The van der Waals surface area contributed by atoms with Crippen molar-refractivity contribution >= 4 is 27.5 Å². The Balaban J connectivity index is 2.44. The molecule has 0 unspecified atom stereocenters. The molecule has 2 aromatic carbocycles. The Morgan fingerprint density at radius 2 is 1.74 bits per heavy atom. The van der Waals surface area contributed by atoms with Crippen molar-refractivity contribution in [1.82, 2.24) is 10.2 Å². The van der Waals surface area contributed by atoms with Crippen molar-refractivity contribution in [3.8, 4) is 5.75 Å². The number of nitrogens with one attached hydrogen (secondary N) is 1. The lowest BCUT2D eigenvalue weighted by Crippen LogP contribution is -2.52. The largest absolute Gasteiger partial charge is 0.497 e. The zero-order valence-corrected chi connectivity index (χ0v) is 22.3. The summed E-state index contributed by atoms with van der Waals surface area (Å²) in [7, 11) is -2.21. The minimum Gasteiger partial charge on any atom is -0.497 e. The SMILES string of the molecule is CCc1ccccc1N(CC(=O)N(Cc1cccc(OC)c1)[C@@H](C)C(=O)N[C@@H](C)CC)S(C)(=O)=O. The number of hydrogen-bond donors (Lipinski definition) is 1. The van der Waals surface area contributed by atoms with E-state index in [2.05, 4.69) is 5.32 Å². The van der Waals surface area contributed by atoms with E-state index in [1.165, 1.54) is 4.90 Å². The molecular weight excluding hydrogens is 466 g/mol. The number of anilines is 1. The second kappa shape index (κ2) is 12.6. The minimum atomic E-state index is -3.77. The van der Waals surface area contributed by atoms with Crippen molar-refractivity contribution in [3.05, 3.63) is 59.7 Å². The van der Waals surface area contributed by atoms with Gasteiger partial charge in [0.15, 0.2) is 0 Å². The zero-order valence-electron chi connectivity index (χ0n) is 21.4. The fourth-order valence-electron chi connectivity index (χ4n) is 3.66. The highest BCUT2D eigenvalue weighted by atomic mass is 32.2. The van der Waals surface area contributed by atoms with Crippen molar-refractivity contribution in [1.29, 1.82) is 0 Å². The van der Waals surface area contributed by atoms with Gasteiger partial charge in [0.05, 0.1) is 19.1 Å². The molecular formula is C26H37N3O5S. The van der Waals surface area contributed by atoms with Gasteiger partial charge in [-0.15, -0.1) is 0 Å². The molecule has 0 saturated heterocycles. The van der Waals surface area contributed by atoms with Crippen LogP contribution in [0.2, 0.25) is 0 Å². The molecule has 2 atom stereocenters. The maximum atomic E-state index is 13.6. The second-order valence-electron chi connectivity index (χ2n) is 8.62. The lowest BCUT2D eigenvalue weighted by atomic mass is 10.1. The van der Waals surface area contributed by atoms with E-state index in [4.69, 9.17) is 4.74 Å². The highest BCUT2D eigenvalue weighted by molar-refractivity contribution is 7.92. The Kier molecular flexibility index (Phi) is 10.1. The van der Waals surface area contributed by atoms with E-state index in [-0.39, 0.29) is 18.5 Å². The predicted octanol–water partition coefficient (Wildman–Crippen LogP) is 3.36. The van der Waals surface area contributed by atoms with Crippen LogP contribution in [0.5, 0.6) is 5.75 Å². The van der Waals surface area contributed by atoms with E-state index in [1.54, 1.807) is 44.4 Å². The third-order valence-corrected chi connectivity index (χ3v) is 7.10. The van der Waals surface area contributed by atoms with E-state index in [0.717, 1.165) is 28.1 Å². The first-order valence-corrected chi connectivity index (χ1v) is 13.6. The highest BCUT2D eigenvalue weighted by Gasteiger charge is 2.31. The average Bonchev–Trinajstić information content (AvgIpc) is 2.84. The van der Waals surface area contributed by atoms with Crippen LogP contribution in [0.25, 0.3) is 0 Å². The van der Waals surface area contributed by atoms with E-state index >= 15 is 0 Å². The topological polar surface area (TPSA) is 96.0 Å². The quantitative estimate of drug-likeness (QED) is 0.479. The van der Waals surface area contributed by atoms with E-state index < -0.39 is 28.5 Å². The molecule has 0 fully saturated rings. The number of nitrogens with zero attached hydrogens (tertiary/aromatic N) is 2. The van der Waals surface area contributed by atoms with Gasteiger partial charge in [-0.2, -0.15) is 0 Å². The summed E-state index contributed by atoms with van der Waals surface area (Å²) in [6, 6.07) is 13.5. The molecule has 2 rings (SSSR count). The van der Waals surface area contributed by atoms with Crippen molar-refractivity contribution in [3.63, 3.8) is 0 Å². The summed E-state index contributed by atoms with van der Waals surface area (Å²) >= 11 is 0. The number of rotatable bonds is 12. The Morgan fingerprint density at radius 1 is 1.06 bits per heavy atom. The van der Waals surface area contributed by atoms with Crippen molar-refractivity contribution in [2.75, 3.05) is 24.2 Å². The van der Waals surface area contributed by atoms with Crippen molar-refractivity contribution in [2.24, 2.45) is 0 Å². The maximum absolute atomic E-state index is 13.6. The van der Waals surface area contributed by atoms with Crippen molar-refractivity contribution in [2.45, 2.75) is 59.2 Å². The van der Waals surface area contributed by atoms with Gasteiger partial charge in [-0.1, -0.05) is 44.2 Å². The molecule has 9 heteroatoms. The smallest absolute Gasteiger partial charge is 0.244 e. The second-order valence-corrected chi connectivity index (χ2v) is 10.5. The first kappa shape index (κ1) is 28.2. The van der Waals surface area contributed by atoms with Crippen LogP contribution in [0, 0.1) is 0 Å². The molecule has 0 aromatic heterocycles. The molecule has 8 nitrogen and oxygen atoms in total. The van der Waals surface area contributed by atoms with Crippen LogP contribution in [-0.2, 0) is 32.6 Å². The van der Waals surface area contributed by atoms with E-state index in [0.29, 0.717) is 17.9 Å². The van der Waals surface area contributed by atoms with Gasteiger partial charge in [-0.3, -0.25) is 13.9 Å². The lowest BCUT2D eigenvalue weighted by molar-refractivity contribution is -0.139. The Hall–Kier alpha value is -3.07. The van der Waals surface area contributed by atoms with Gasteiger partial charge in [0.25, 0.3) is 0 Å². The number of amides is 2. The molecule has 2 aromatic rings. The molecule has 192 valence electrons. The maximum Gasteiger partial charge on any atom is 0.244 e. The third-order valence-electron chi connectivity index (χ3n) is 5.98. The molecule has 0 aliphatic rings.